The fraction of sp³-hybridized carbons (Fsp3) is 0.700. The molecule has 0 amide bonds. The molecule has 2 atom stereocenters. The van der Waals surface area contributed by atoms with Crippen LogP contribution in [0.2, 0.25) is 0 Å². The molecular weight excluding hydrogens is 286 g/mol. The molecule has 0 heterocycles. The number of hydrogen-bond acceptors (Lipinski definition) is 3. The number of hydrogen-bond donors (Lipinski definition) is 2. The Morgan fingerprint density at radius 3 is 2.61 bits per heavy atom. The molecule has 3 N–H and O–H groups in total. The van der Waals surface area contributed by atoms with Crippen LogP contribution in [0, 0.1) is 5.92 Å². The Hall–Kier alpha value is -1.06. The minimum atomic E-state index is -0.381. The first kappa shape index (κ1) is 18.3. The fourth-order valence-electron chi connectivity index (χ4n) is 3.58. The van der Waals surface area contributed by atoms with E-state index in [4.69, 9.17) is 10.5 Å². The molecule has 3 nitrogen and oxygen atoms in total. The third-order valence-corrected chi connectivity index (χ3v) is 5.22. The van der Waals surface area contributed by atoms with Gasteiger partial charge in [-0.3, -0.25) is 0 Å². The highest BCUT2D eigenvalue weighted by Gasteiger charge is 2.38. The number of ether oxygens (including phenoxy) is 1. The summed E-state index contributed by atoms with van der Waals surface area (Å²) in [6.07, 6.45) is 10.4. The Morgan fingerprint density at radius 1 is 1.17 bits per heavy atom. The van der Waals surface area contributed by atoms with E-state index in [1.807, 2.05) is 0 Å². The maximum Gasteiger partial charge on any atom is 0.119 e. The molecule has 1 aromatic rings. The molecule has 0 spiro atoms. The molecule has 1 aliphatic carbocycles. The van der Waals surface area contributed by atoms with Gasteiger partial charge < -0.3 is 15.6 Å². The molecule has 0 bridgehead atoms. The summed E-state index contributed by atoms with van der Waals surface area (Å²) < 4.78 is 5.81. The standard InChI is InChI=1S/C20H33NO2/c1-2-3-4-5-6-14-23-19-11-9-17(10-12-19)15-18-8-7-13-20(18,21)16-22/h9-12,18,22H,2-8,13-16,21H2,1H3/t18-,20-/m0/s1. The van der Waals surface area contributed by atoms with Crippen LogP contribution in [0.15, 0.2) is 24.3 Å². The third-order valence-electron chi connectivity index (χ3n) is 5.22. The molecule has 0 aromatic heterocycles. The second-order valence-electron chi connectivity index (χ2n) is 7.09. The molecule has 1 aliphatic rings. The lowest BCUT2D eigenvalue weighted by atomic mass is 9.84. The van der Waals surface area contributed by atoms with Crippen molar-refractivity contribution < 1.29 is 9.84 Å². The summed E-state index contributed by atoms with van der Waals surface area (Å²) in [7, 11) is 0. The quantitative estimate of drug-likeness (QED) is 0.639. The molecule has 23 heavy (non-hydrogen) atoms. The van der Waals surface area contributed by atoms with Crippen LogP contribution in [0.1, 0.15) is 63.9 Å². The van der Waals surface area contributed by atoms with E-state index >= 15 is 0 Å². The van der Waals surface area contributed by atoms with Gasteiger partial charge in [-0.05, 0) is 49.3 Å². The average molecular weight is 319 g/mol. The molecule has 0 unspecified atom stereocenters. The van der Waals surface area contributed by atoms with E-state index in [1.54, 1.807) is 0 Å². The van der Waals surface area contributed by atoms with Crippen LogP contribution in [0.4, 0.5) is 0 Å². The van der Waals surface area contributed by atoms with Crippen molar-refractivity contribution in [3.8, 4) is 5.75 Å². The van der Waals surface area contributed by atoms with Gasteiger partial charge in [0, 0.05) is 5.54 Å². The third kappa shape index (κ3) is 5.50. The van der Waals surface area contributed by atoms with E-state index in [0.717, 1.165) is 44.5 Å². The fourth-order valence-corrected chi connectivity index (χ4v) is 3.58. The topological polar surface area (TPSA) is 55.5 Å². The van der Waals surface area contributed by atoms with Crippen molar-refractivity contribution in [2.45, 2.75) is 70.3 Å². The highest BCUT2D eigenvalue weighted by Crippen LogP contribution is 2.35. The zero-order valence-corrected chi connectivity index (χ0v) is 14.6. The lowest BCUT2D eigenvalue weighted by molar-refractivity contribution is 0.160. The first-order valence-electron chi connectivity index (χ1n) is 9.29. The van der Waals surface area contributed by atoms with Gasteiger partial charge in [0.05, 0.1) is 13.2 Å². The number of rotatable bonds is 10. The Kier molecular flexibility index (Phi) is 7.38. The van der Waals surface area contributed by atoms with Crippen LogP contribution in [0.5, 0.6) is 5.75 Å². The van der Waals surface area contributed by atoms with Gasteiger partial charge in [-0.1, -0.05) is 51.2 Å². The first-order chi connectivity index (χ1) is 11.2. The van der Waals surface area contributed by atoms with Crippen LogP contribution >= 0.6 is 0 Å². The number of nitrogens with two attached hydrogens (primary N) is 1. The first-order valence-corrected chi connectivity index (χ1v) is 9.29. The molecule has 1 fully saturated rings. The minimum absolute atomic E-state index is 0.0941. The number of aliphatic hydroxyl groups is 1. The van der Waals surface area contributed by atoms with Crippen molar-refractivity contribution in [3.63, 3.8) is 0 Å². The molecule has 1 saturated carbocycles. The molecule has 0 radical (unpaired) electrons. The summed E-state index contributed by atoms with van der Waals surface area (Å²) in [5, 5.41) is 9.55. The van der Waals surface area contributed by atoms with Crippen molar-refractivity contribution in [1.29, 1.82) is 0 Å². The lowest BCUT2D eigenvalue weighted by Gasteiger charge is -2.29. The maximum absolute atomic E-state index is 9.55. The van der Waals surface area contributed by atoms with Crippen molar-refractivity contribution in [1.82, 2.24) is 0 Å². The van der Waals surface area contributed by atoms with E-state index < -0.39 is 0 Å². The molecule has 130 valence electrons. The van der Waals surface area contributed by atoms with Gasteiger partial charge in [0.15, 0.2) is 0 Å². The summed E-state index contributed by atoms with van der Waals surface area (Å²) in [5.74, 6) is 1.34. The van der Waals surface area contributed by atoms with Crippen LogP contribution in [0.25, 0.3) is 0 Å². The highest BCUT2D eigenvalue weighted by atomic mass is 16.5. The second-order valence-corrected chi connectivity index (χ2v) is 7.09. The number of unbranched alkanes of at least 4 members (excludes halogenated alkanes) is 4. The van der Waals surface area contributed by atoms with Gasteiger partial charge in [0.1, 0.15) is 5.75 Å². The van der Waals surface area contributed by atoms with Gasteiger partial charge in [-0.15, -0.1) is 0 Å². The Bertz CT molecular complexity index is 445. The molecule has 3 heteroatoms. The van der Waals surface area contributed by atoms with Crippen LogP contribution in [-0.4, -0.2) is 23.9 Å². The zero-order valence-electron chi connectivity index (χ0n) is 14.6. The van der Waals surface area contributed by atoms with Gasteiger partial charge in [-0.25, -0.2) is 0 Å². The second kappa shape index (κ2) is 9.29. The molecule has 0 saturated heterocycles. The minimum Gasteiger partial charge on any atom is -0.494 e. The Morgan fingerprint density at radius 2 is 1.91 bits per heavy atom. The molecule has 0 aliphatic heterocycles. The zero-order chi connectivity index (χ0) is 16.5. The van der Waals surface area contributed by atoms with E-state index in [1.165, 1.54) is 31.2 Å². The molecule has 1 aromatic carbocycles. The van der Waals surface area contributed by atoms with E-state index in [9.17, 15) is 5.11 Å². The SMILES string of the molecule is CCCCCCCOc1ccc(C[C@@H]2CCC[C@]2(N)CO)cc1. The van der Waals surface area contributed by atoms with E-state index in [-0.39, 0.29) is 12.1 Å². The monoisotopic (exact) mass is 319 g/mol. The summed E-state index contributed by atoms with van der Waals surface area (Å²) >= 11 is 0. The summed E-state index contributed by atoms with van der Waals surface area (Å²) in [6.45, 7) is 3.14. The Labute approximate surface area is 141 Å². The highest BCUT2D eigenvalue weighted by molar-refractivity contribution is 5.28. The molecule has 2 rings (SSSR count). The number of benzene rings is 1. The predicted molar refractivity (Wildman–Crippen MR) is 95.7 cm³/mol. The van der Waals surface area contributed by atoms with E-state index in [2.05, 4.69) is 31.2 Å². The van der Waals surface area contributed by atoms with Gasteiger partial charge in [0.2, 0.25) is 0 Å². The molecular formula is C20H33NO2. The average Bonchev–Trinajstić information content (AvgIpc) is 2.94. The largest absolute Gasteiger partial charge is 0.494 e. The summed E-state index contributed by atoms with van der Waals surface area (Å²) in [5.41, 5.74) is 7.23. The van der Waals surface area contributed by atoms with Crippen molar-refractivity contribution in [2.75, 3.05) is 13.2 Å². The predicted octanol–water partition coefficient (Wildman–Crippen LogP) is 4.07. The summed E-state index contributed by atoms with van der Waals surface area (Å²) in [4.78, 5) is 0. The van der Waals surface area contributed by atoms with Crippen molar-refractivity contribution in [2.24, 2.45) is 11.7 Å². The Balaban J connectivity index is 1.74. The van der Waals surface area contributed by atoms with Crippen molar-refractivity contribution in [3.05, 3.63) is 29.8 Å². The van der Waals surface area contributed by atoms with Crippen LogP contribution in [-0.2, 0) is 6.42 Å². The van der Waals surface area contributed by atoms with Gasteiger partial charge in [-0.2, -0.15) is 0 Å². The number of aliphatic hydroxyl groups excluding tert-OH is 1. The lowest BCUT2D eigenvalue weighted by Crippen LogP contribution is -2.47. The normalized spacial score (nSPS) is 24.0. The van der Waals surface area contributed by atoms with Gasteiger partial charge >= 0.3 is 0 Å². The summed E-state index contributed by atoms with van der Waals surface area (Å²) in [6, 6.07) is 8.41. The van der Waals surface area contributed by atoms with Crippen LogP contribution < -0.4 is 10.5 Å². The van der Waals surface area contributed by atoms with E-state index in [0.29, 0.717) is 5.92 Å². The smallest absolute Gasteiger partial charge is 0.119 e. The maximum atomic E-state index is 9.55. The van der Waals surface area contributed by atoms with Gasteiger partial charge in [0.25, 0.3) is 0 Å². The van der Waals surface area contributed by atoms with Crippen LogP contribution in [0.3, 0.4) is 0 Å². The van der Waals surface area contributed by atoms with Crippen molar-refractivity contribution >= 4 is 0 Å².